The first kappa shape index (κ1) is 12.5. The van der Waals surface area contributed by atoms with Gasteiger partial charge in [0.15, 0.2) is 17.5 Å². The average Bonchev–Trinajstić information content (AvgIpc) is 2.85. The summed E-state index contributed by atoms with van der Waals surface area (Å²) in [4.78, 5) is 0. The Balaban J connectivity index is 1.83. The fraction of sp³-hybridized carbons (Fsp3) is 0.0714. The standard InChI is InChI=1S/C14H10F3N3/c15-11-5-10(6-12(16)14(11)17)18-7-9-8-19-20-4-2-1-3-13(9)20/h1-6,8,18H,7H2. The van der Waals surface area contributed by atoms with Crippen LogP contribution in [0.4, 0.5) is 18.9 Å². The molecule has 0 radical (unpaired) electrons. The van der Waals surface area contributed by atoms with Crippen LogP contribution in [-0.2, 0) is 6.54 Å². The number of anilines is 1. The molecule has 0 spiro atoms. The minimum Gasteiger partial charge on any atom is -0.381 e. The summed E-state index contributed by atoms with van der Waals surface area (Å²) in [6.45, 7) is 0.331. The Morgan fingerprint density at radius 1 is 1.10 bits per heavy atom. The molecule has 6 heteroatoms. The first-order valence-corrected chi connectivity index (χ1v) is 5.95. The summed E-state index contributed by atoms with van der Waals surface area (Å²) in [6.07, 6.45) is 3.47. The van der Waals surface area contributed by atoms with Crippen molar-refractivity contribution in [3.8, 4) is 0 Å². The number of benzene rings is 1. The number of fused-ring (bicyclic) bond motifs is 1. The van der Waals surface area contributed by atoms with E-state index in [-0.39, 0.29) is 5.69 Å². The van der Waals surface area contributed by atoms with Crippen LogP contribution in [0.3, 0.4) is 0 Å². The number of aromatic nitrogens is 2. The molecule has 0 saturated carbocycles. The molecule has 0 aliphatic heterocycles. The van der Waals surface area contributed by atoms with Crippen LogP contribution in [0.2, 0.25) is 0 Å². The van der Waals surface area contributed by atoms with Gasteiger partial charge in [-0.25, -0.2) is 17.7 Å². The van der Waals surface area contributed by atoms with Crippen molar-refractivity contribution >= 4 is 11.2 Å². The molecule has 0 aliphatic rings. The Morgan fingerprint density at radius 2 is 1.85 bits per heavy atom. The van der Waals surface area contributed by atoms with Gasteiger partial charge >= 0.3 is 0 Å². The third-order valence-corrected chi connectivity index (χ3v) is 2.97. The molecule has 0 aliphatic carbocycles. The highest BCUT2D eigenvalue weighted by Gasteiger charge is 2.10. The van der Waals surface area contributed by atoms with Gasteiger partial charge < -0.3 is 5.32 Å². The zero-order chi connectivity index (χ0) is 14.1. The highest BCUT2D eigenvalue weighted by Crippen LogP contribution is 2.19. The van der Waals surface area contributed by atoms with Gasteiger partial charge in [-0.3, -0.25) is 0 Å². The lowest BCUT2D eigenvalue weighted by Gasteiger charge is -2.06. The highest BCUT2D eigenvalue weighted by atomic mass is 19.2. The summed E-state index contributed by atoms with van der Waals surface area (Å²) < 4.78 is 40.7. The maximum Gasteiger partial charge on any atom is 0.194 e. The Hall–Kier alpha value is -2.50. The second kappa shape index (κ2) is 4.88. The summed E-state index contributed by atoms with van der Waals surface area (Å²) in [5, 5.41) is 7.00. The van der Waals surface area contributed by atoms with E-state index in [4.69, 9.17) is 0 Å². The molecule has 3 nitrogen and oxygen atoms in total. The molecule has 102 valence electrons. The zero-order valence-corrected chi connectivity index (χ0v) is 10.3. The van der Waals surface area contributed by atoms with Gasteiger partial charge in [-0.1, -0.05) is 6.07 Å². The second-order valence-electron chi connectivity index (χ2n) is 4.31. The van der Waals surface area contributed by atoms with Crippen LogP contribution in [0.15, 0.2) is 42.7 Å². The summed E-state index contributed by atoms with van der Waals surface area (Å²) in [6, 6.07) is 7.45. The van der Waals surface area contributed by atoms with E-state index in [1.54, 1.807) is 16.9 Å². The number of hydrogen-bond donors (Lipinski definition) is 1. The van der Waals surface area contributed by atoms with E-state index in [1.807, 2.05) is 18.2 Å². The molecule has 0 fully saturated rings. The van der Waals surface area contributed by atoms with Crippen molar-refractivity contribution < 1.29 is 13.2 Å². The van der Waals surface area contributed by atoms with E-state index in [9.17, 15) is 13.2 Å². The minimum atomic E-state index is -1.47. The summed E-state index contributed by atoms with van der Waals surface area (Å²) >= 11 is 0. The van der Waals surface area contributed by atoms with Gasteiger partial charge in [0, 0.05) is 36.1 Å². The molecule has 0 amide bonds. The summed E-state index contributed by atoms with van der Waals surface area (Å²) in [7, 11) is 0. The Kier molecular flexibility index (Phi) is 3.06. The van der Waals surface area contributed by atoms with Crippen molar-refractivity contribution in [2.24, 2.45) is 0 Å². The van der Waals surface area contributed by atoms with E-state index < -0.39 is 17.5 Å². The summed E-state index contributed by atoms with van der Waals surface area (Å²) in [5.74, 6) is -3.90. The van der Waals surface area contributed by atoms with Crippen molar-refractivity contribution in [1.29, 1.82) is 0 Å². The number of rotatable bonds is 3. The molecule has 3 aromatic rings. The van der Waals surface area contributed by atoms with Crippen molar-refractivity contribution in [2.45, 2.75) is 6.54 Å². The maximum absolute atomic E-state index is 13.1. The van der Waals surface area contributed by atoms with Gasteiger partial charge in [0.2, 0.25) is 0 Å². The van der Waals surface area contributed by atoms with Gasteiger partial charge in [-0.05, 0) is 12.1 Å². The van der Waals surface area contributed by atoms with Crippen molar-refractivity contribution in [3.05, 3.63) is 65.7 Å². The Labute approximate surface area is 112 Å². The quantitative estimate of drug-likeness (QED) is 0.744. The molecule has 1 aromatic carbocycles. The fourth-order valence-corrected chi connectivity index (χ4v) is 1.98. The molecule has 2 heterocycles. The van der Waals surface area contributed by atoms with Crippen molar-refractivity contribution in [1.82, 2.24) is 9.61 Å². The maximum atomic E-state index is 13.1. The smallest absolute Gasteiger partial charge is 0.194 e. The van der Waals surface area contributed by atoms with E-state index in [1.165, 1.54) is 0 Å². The molecule has 2 aromatic heterocycles. The molecule has 0 atom stereocenters. The van der Waals surface area contributed by atoms with Crippen LogP contribution in [0.5, 0.6) is 0 Å². The van der Waals surface area contributed by atoms with Gasteiger partial charge in [0.25, 0.3) is 0 Å². The van der Waals surface area contributed by atoms with E-state index in [0.29, 0.717) is 6.54 Å². The fourth-order valence-electron chi connectivity index (χ4n) is 1.98. The van der Waals surface area contributed by atoms with Gasteiger partial charge in [0.05, 0.1) is 11.7 Å². The topological polar surface area (TPSA) is 29.3 Å². The number of hydrogen-bond acceptors (Lipinski definition) is 2. The zero-order valence-electron chi connectivity index (χ0n) is 10.3. The first-order valence-electron chi connectivity index (χ1n) is 5.95. The van der Waals surface area contributed by atoms with Crippen LogP contribution in [0, 0.1) is 17.5 Å². The second-order valence-corrected chi connectivity index (χ2v) is 4.31. The molecule has 0 bridgehead atoms. The van der Waals surface area contributed by atoms with Crippen LogP contribution in [0.25, 0.3) is 5.52 Å². The lowest BCUT2D eigenvalue weighted by molar-refractivity contribution is 0.447. The normalized spacial score (nSPS) is 10.9. The molecule has 0 unspecified atom stereocenters. The predicted molar refractivity (Wildman–Crippen MR) is 68.8 cm³/mol. The largest absolute Gasteiger partial charge is 0.381 e. The number of pyridine rings is 1. The third kappa shape index (κ3) is 2.20. The van der Waals surface area contributed by atoms with Crippen LogP contribution >= 0.6 is 0 Å². The monoisotopic (exact) mass is 277 g/mol. The lowest BCUT2D eigenvalue weighted by atomic mass is 10.2. The number of nitrogens with zero attached hydrogens (tertiary/aromatic N) is 2. The molecule has 0 saturated heterocycles. The Bertz CT molecular complexity index is 744. The molecule has 3 rings (SSSR count). The van der Waals surface area contributed by atoms with Gasteiger partial charge in [-0.15, -0.1) is 0 Å². The third-order valence-electron chi connectivity index (χ3n) is 2.97. The SMILES string of the molecule is Fc1cc(NCc2cnn3ccccc23)cc(F)c1F. The van der Waals surface area contributed by atoms with E-state index in [0.717, 1.165) is 23.2 Å². The lowest BCUT2D eigenvalue weighted by Crippen LogP contribution is -2.01. The van der Waals surface area contributed by atoms with Crippen molar-refractivity contribution in [3.63, 3.8) is 0 Å². The molecular weight excluding hydrogens is 267 g/mol. The molecule has 20 heavy (non-hydrogen) atoms. The first-order chi connectivity index (χ1) is 9.65. The molecular formula is C14H10F3N3. The molecule has 1 N–H and O–H groups in total. The number of nitrogens with one attached hydrogen (secondary N) is 1. The minimum absolute atomic E-state index is 0.177. The van der Waals surface area contributed by atoms with Crippen LogP contribution in [0.1, 0.15) is 5.56 Å². The van der Waals surface area contributed by atoms with Gasteiger partial charge in [0.1, 0.15) is 0 Å². The van der Waals surface area contributed by atoms with Crippen LogP contribution < -0.4 is 5.32 Å². The average molecular weight is 277 g/mol. The Morgan fingerprint density at radius 3 is 2.60 bits per heavy atom. The van der Waals surface area contributed by atoms with E-state index in [2.05, 4.69) is 10.4 Å². The van der Waals surface area contributed by atoms with Gasteiger partial charge in [-0.2, -0.15) is 5.10 Å². The van der Waals surface area contributed by atoms with Crippen LogP contribution in [-0.4, -0.2) is 9.61 Å². The van der Waals surface area contributed by atoms with E-state index >= 15 is 0 Å². The van der Waals surface area contributed by atoms with Crippen molar-refractivity contribution in [2.75, 3.05) is 5.32 Å². The predicted octanol–water partition coefficient (Wildman–Crippen LogP) is 3.36. The summed E-state index contributed by atoms with van der Waals surface area (Å²) in [5.41, 5.74) is 1.94. The number of halogens is 3. The highest BCUT2D eigenvalue weighted by molar-refractivity contribution is 5.55.